The SMILES string of the molecule is C(=C\[C@H]1C(c2ccccc2)=NN[C@@H]1c1ccccc1)/c1ccccc1. The van der Waals surface area contributed by atoms with Crippen molar-refractivity contribution in [1.82, 2.24) is 5.43 Å². The van der Waals surface area contributed by atoms with Gasteiger partial charge in [-0.3, -0.25) is 0 Å². The second kappa shape index (κ2) is 7.18. The van der Waals surface area contributed by atoms with Gasteiger partial charge >= 0.3 is 0 Å². The molecule has 0 saturated carbocycles. The van der Waals surface area contributed by atoms with E-state index in [1.165, 1.54) is 11.1 Å². The minimum atomic E-state index is 0.149. The Morgan fingerprint density at radius 1 is 0.720 bits per heavy atom. The van der Waals surface area contributed by atoms with Gasteiger partial charge in [-0.2, -0.15) is 5.10 Å². The lowest BCUT2D eigenvalue weighted by atomic mass is 9.87. The van der Waals surface area contributed by atoms with Crippen LogP contribution in [0, 0.1) is 5.92 Å². The van der Waals surface area contributed by atoms with E-state index in [0.717, 1.165) is 11.3 Å². The van der Waals surface area contributed by atoms with Gasteiger partial charge in [-0.05, 0) is 16.7 Å². The highest BCUT2D eigenvalue weighted by Gasteiger charge is 2.31. The molecule has 122 valence electrons. The molecule has 0 radical (unpaired) electrons. The van der Waals surface area contributed by atoms with Crippen molar-refractivity contribution in [2.45, 2.75) is 6.04 Å². The fourth-order valence-corrected chi connectivity index (χ4v) is 3.24. The van der Waals surface area contributed by atoms with Gasteiger partial charge in [0.05, 0.1) is 11.8 Å². The first-order chi connectivity index (χ1) is 12.4. The molecule has 25 heavy (non-hydrogen) atoms. The summed E-state index contributed by atoms with van der Waals surface area (Å²) in [4.78, 5) is 0. The Hall–Kier alpha value is -3.13. The summed E-state index contributed by atoms with van der Waals surface area (Å²) in [6.07, 6.45) is 4.45. The van der Waals surface area contributed by atoms with E-state index in [9.17, 15) is 0 Å². The minimum absolute atomic E-state index is 0.149. The molecule has 3 aromatic carbocycles. The van der Waals surface area contributed by atoms with Gasteiger partial charge in [0.15, 0.2) is 0 Å². The molecule has 0 spiro atoms. The molecule has 0 amide bonds. The summed E-state index contributed by atoms with van der Waals surface area (Å²) in [7, 11) is 0. The molecule has 3 aromatic rings. The Bertz CT molecular complexity index is 868. The number of hydrazone groups is 1. The second-order valence-electron chi connectivity index (χ2n) is 6.18. The van der Waals surface area contributed by atoms with Crippen LogP contribution >= 0.6 is 0 Å². The molecule has 1 N–H and O–H groups in total. The van der Waals surface area contributed by atoms with Crippen LogP contribution in [0.25, 0.3) is 6.08 Å². The van der Waals surface area contributed by atoms with Crippen LogP contribution in [0.3, 0.4) is 0 Å². The van der Waals surface area contributed by atoms with Gasteiger partial charge in [-0.25, -0.2) is 0 Å². The van der Waals surface area contributed by atoms with Crippen molar-refractivity contribution in [3.05, 3.63) is 114 Å². The van der Waals surface area contributed by atoms with Crippen molar-refractivity contribution in [2.75, 3.05) is 0 Å². The summed E-state index contributed by atoms with van der Waals surface area (Å²) in [5.74, 6) is 0.185. The van der Waals surface area contributed by atoms with E-state index in [2.05, 4.69) is 95.5 Å². The molecule has 4 rings (SSSR count). The number of nitrogens with zero attached hydrogens (tertiary/aromatic N) is 1. The zero-order valence-electron chi connectivity index (χ0n) is 13.9. The van der Waals surface area contributed by atoms with Crippen LogP contribution in [-0.4, -0.2) is 5.71 Å². The fraction of sp³-hybridized carbons (Fsp3) is 0.0870. The normalized spacial score (nSPS) is 19.6. The molecule has 0 bridgehead atoms. The lowest BCUT2D eigenvalue weighted by molar-refractivity contribution is 0.557. The predicted octanol–water partition coefficient (Wildman–Crippen LogP) is 5.06. The van der Waals surface area contributed by atoms with Gasteiger partial charge in [0.2, 0.25) is 0 Å². The summed E-state index contributed by atoms with van der Waals surface area (Å²) in [6.45, 7) is 0. The molecular formula is C23H20N2. The van der Waals surface area contributed by atoms with Crippen molar-refractivity contribution < 1.29 is 0 Å². The summed E-state index contributed by atoms with van der Waals surface area (Å²) in [5, 5.41) is 4.67. The highest BCUT2D eigenvalue weighted by Crippen LogP contribution is 2.32. The molecule has 1 heterocycles. The third-order valence-corrected chi connectivity index (χ3v) is 4.52. The van der Waals surface area contributed by atoms with Crippen LogP contribution in [0.2, 0.25) is 0 Å². The van der Waals surface area contributed by atoms with Crippen molar-refractivity contribution in [2.24, 2.45) is 11.0 Å². The Morgan fingerprint density at radius 2 is 1.32 bits per heavy atom. The topological polar surface area (TPSA) is 24.4 Å². The molecule has 1 aliphatic heterocycles. The highest BCUT2D eigenvalue weighted by atomic mass is 15.3. The zero-order valence-corrected chi connectivity index (χ0v) is 13.9. The molecule has 2 heteroatoms. The predicted molar refractivity (Wildman–Crippen MR) is 104 cm³/mol. The van der Waals surface area contributed by atoms with Crippen LogP contribution in [0.1, 0.15) is 22.7 Å². The monoisotopic (exact) mass is 324 g/mol. The number of rotatable bonds is 4. The molecule has 0 aliphatic carbocycles. The second-order valence-corrected chi connectivity index (χ2v) is 6.18. The average Bonchev–Trinajstić information content (AvgIpc) is 3.12. The zero-order chi connectivity index (χ0) is 16.9. The number of nitrogens with one attached hydrogen (secondary N) is 1. The maximum atomic E-state index is 4.67. The van der Waals surface area contributed by atoms with E-state index in [4.69, 9.17) is 0 Å². The third kappa shape index (κ3) is 3.38. The van der Waals surface area contributed by atoms with Crippen molar-refractivity contribution in [1.29, 1.82) is 0 Å². The Kier molecular flexibility index (Phi) is 4.42. The Balaban J connectivity index is 1.69. The molecule has 1 aliphatic rings. The van der Waals surface area contributed by atoms with Crippen LogP contribution in [-0.2, 0) is 0 Å². The maximum Gasteiger partial charge on any atom is 0.0808 e. The van der Waals surface area contributed by atoms with Gasteiger partial charge < -0.3 is 5.43 Å². The molecule has 2 atom stereocenters. The first-order valence-electron chi connectivity index (χ1n) is 8.58. The average molecular weight is 324 g/mol. The van der Waals surface area contributed by atoms with E-state index >= 15 is 0 Å². The van der Waals surface area contributed by atoms with Gasteiger partial charge in [-0.1, -0.05) is 103 Å². The van der Waals surface area contributed by atoms with Crippen LogP contribution < -0.4 is 5.43 Å². The Labute approximate surface area is 148 Å². The van der Waals surface area contributed by atoms with Crippen LogP contribution in [0.4, 0.5) is 0 Å². The largest absolute Gasteiger partial charge is 0.301 e. The van der Waals surface area contributed by atoms with E-state index in [1.807, 2.05) is 18.2 Å². The lowest BCUT2D eigenvalue weighted by Crippen LogP contribution is -2.20. The smallest absolute Gasteiger partial charge is 0.0808 e. The van der Waals surface area contributed by atoms with Gasteiger partial charge in [0.1, 0.15) is 0 Å². The molecule has 0 aromatic heterocycles. The fourth-order valence-electron chi connectivity index (χ4n) is 3.24. The van der Waals surface area contributed by atoms with Crippen molar-refractivity contribution >= 4 is 11.8 Å². The van der Waals surface area contributed by atoms with Gasteiger partial charge in [0.25, 0.3) is 0 Å². The molecular weight excluding hydrogens is 304 g/mol. The van der Waals surface area contributed by atoms with Gasteiger partial charge in [-0.15, -0.1) is 0 Å². The van der Waals surface area contributed by atoms with E-state index in [-0.39, 0.29) is 12.0 Å². The first kappa shape index (κ1) is 15.4. The maximum absolute atomic E-state index is 4.67. The lowest BCUT2D eigenvalue weighted by Gasteiger charge is -2.18. The highest BCUT2D eigenvalue weighted by molar-refractivity contribution is 6.05. The summed E-state index contributed by atoms with van der Waals surface area (Å²) in [6, 6.07) is 31.5. The quantitative estimate of drug-likeness (QED) is 0.712. The number of hydrogen-bond acceptors (Lipinski definition) is 2. The summed E-state index contributed by atoms with van der Waals surface area (Å²) >= 11 is 0. The molecule has 2 nitrogen and oxygen atoms in total. The van der Waals surface area contributed by atoms with E-state index in [1.54, 1.807) is 0 Å². The third-order valence-electron chi connectivity index (χ3n) is 4.52. The number of benzene rings is 3. The number of hydrogen-bond donors (Lipinski definition) is 1. The molecule has 0 unspecified atom stereocenters. The standard InChI is InChI=1S/C23H20N2/c1-4-10-18(11-5-1)16-17-21-22(19-12-6-2-7-13-19)24-25-23(21)20-14-8-3-9-15-20/h1-17,21-22,24H/b17-16+/t21-,22-/m1/s1. The first-order valence-corrected chi connectivity index (χ1v) is 8.58. The minimum Gasteiger partial charge on any atom is -0.301 e. The molecule has 0 fully saturated rings. The van der Waals surface area contributed by atoms with Crippen LogP contribution in [0.15, 0.2) is 102 Å². The van der Waals surface area contributed by atoms with Crippen molar-refractivity contribution in [3.63, 3.8) is 0 Å². The van der Waals surface area contributed by atoms with Crippen LogP contribution in [0.5, 0.6) is 0 Å². The van der Waals surface area contributed by atoms with Crippen molar-refractivity contribution in [3.8, 4) is 0 Å². The Morgan fingerprint density at radius 3 is 2.00 bits per heavy atom. The van der Waals surface area contributed by atoms with E-state index in [0.29, 0.717) is 0 Å². The summed E-state index contributed by atoms with van der Waals surface area (Å²) < 4.78 is 0. The molecule has 0 saturated heterocycles. The van der Waals surface area contributed by atoms with E-state index < -0.39 is 0 Å². The van der Waals surface area contributed by atoms with Gasteiger partial charge in [0, 0.05) is 5.92 Å². The summed E-state index contributed by atoms with van der Waals surface area (Å²) in [5.41, 5.74) is 8.04.